The topological polar surface area (TPSA) is 80.5 Å². The van der Waals surface area contributed by atoms with Gasteiger partial charge >= 0.3 is 0 Å². The van der Waals surface area contributed by atoms with E-state index in [1.165, 1.54) is 6.26 Å². The van der Waals surface area contributed by atoms with E-state index >= 15 is 0 Å². The average molecular weight is 310 g/mol. The van der Waals surface area contributed by atoms with Crippen LogP contribution >= 0.6 is 0 Å². The van der Waals surface area contributed by atoms with Crippen LogP contribution in [0.2, 0.25) is 0 Å². The molecule has 1 aromatic rings. The molecule has 1 unspecified atom stereocenters. The van der Waals surface area contributed by atoms with Gasteiger partial charge in [0, 0.05) is 24.9 Å². The minimum Gasteiger partial charge on any atom is -0.366 e. The van der Waals surface area contributed by atoms with E-state index in [4.69, 9.17) is 5.73 Å². The Kier molecular flexibility index (Phi) is 5.00. The molecule has 0 saturated carbocycles. The molecule has 0 radical (unpaired) electrons. The van der Waals surface area contributed by atoms with Crippen LogP contribution in [0.15, 0.2) is 24.3 Å². The molecule has 1 amide bonds. The molecule has 1 atom stereocenters. The van der Waals surface area contributed by atoms with Crippen LogP contribution in [-0.2, 0) is 16.3 Å². The molecule has 1 saturated heterocycles. The van der Waals surface area contributed by atoms with Gasteiger partial charge in [-0.25, -0.2) is 8.42 Å². The predicted octanol–water partition coefficient (Wildman–Crippen LogP) is 0.695. The molecule has 116 valence electrons. The fraction of sp³-hybridized carbons (Fsp3) is 0.533. The summed E-state index contributed by atoms with van der Waals surface area (Å²) in [5, 5.41) is 0. The summed E-state index contributed by atoms with van der Waals surface area (Å²) in [4.78, 5) is 13.4. The van der Waals surface area contributed by atoms with Gasteiger partial charge in [0.05, 0.1) is 5.75 Å². The molecule has 0 spiro atoms. The second-order valence-corrected chi connectivity index (χ2v) is 8.11. The van der Waals surface area contributed by atoms with Crippen molar-refractivity contribution in [2.75, 3.05) is 31.6 Å². The summed E-state index contributed by atoms with van der Waals surface area (Å²) in [6.07, 6.45) is 3.23. The molecule has 2 rings (SSSR count). The van der Waals surface area contributed by atoms with Gasteiger partial charge in [-0.1, -0.05) is 12.1 Å². The van der Waals surface area contributed by atoms with Gasteiger partial charge in [-0.2, -0.15) is 0 Å². The van der Waals surface area contributed by atoms with Crippen molar-refractivity contribution in [2.45, 2.75) is 12.8 Å². The molecule has 2 N–H and O–H groups in total. The fourth-order valence-corrected chi connectivity index (χ4v) is 3.35. The minimum absolute atomic E-state index is 0.219. The highest BCUT2D eigenvalue weighted by atomic mass is 32.2. The summed E-state index contributed by atoms with van der Waals surface area (Å²) in [5.74, 6) is 0.322. The van der Waals surface area contributed by atoms with E-state index in [1.807, 2.05) is 18.2 Å². The molecular weight excluding hydrogens is 288 g/mol. The number of sulfone groups is 1. The molecular formula is C15H22N2O3S. The maximum absolute atomic E-state index is 11.2. The summed E-state index contributed by atoms with van der Waals surface area (Å²) in [6, 6.07) is 7.43. The Labute approximate surface area is 126 Å². The lowest BCUT2D eigenvalue weighted by molar-refractivity contribution is 0.1000. The minimum atomic E-state index is -2.90. The number of amides is 1. The van der Waals surface area contributed by atoms with Gasteiger partial charge in [0.2, 0.25) is 5.91 Å². The Morgan fingerprint density at radius 3 is 2.86 bits per heavy atom. The highest BCUT2D eigenvalue weighted by Gasteiger charge is 2.23. The molecule has 1 aliphatic heterocycles. The molecule has 0 bridgehead atoms. The number of benzene rings is 1. The smallest absolute Gasteiger partial charge is 0.248 e. The predicted molar refractivity (Wildman–Crippen MR) is 82.9 cm³/mol. The van der Waals surface area contributed by atoms with E-state index < -0.39 is 15.7 Å². The van der Waals surface area contributed by atoms with E-state index in [2.05, 4.69) is 4.90 Å². The summed E-state index contributed by atoms with van der Waals surface area (Å²) >= 11 is 0. The van der Waals surface area contributed by atoms with E-state index in [1.54, 1.807) is 6.07 Å². The van der Waals surface area contributed by atoms with Crippen molar-refractivity contribution in [3.8, 4) is 0 Å². The number of primary amides is 1. The van der Waals surface area contributed by atoms with Crippen LogP contribution in [0.3, 0.4) is 0 Å². The van der Waals surface area contributed by atoms with Gasteiger partial charge in [0.25, 0.3) is 0 Å². The quantitative estimate of drug-likeness (QED) is 0.838. The zero-order valence-electron chi connectivity index (χ0n) is 12.3. The number of rotatable bonds is 6. The van der Waals surface area contributed by atoms with Gasteiger partial charge in [-0.3, -0.25) is 4.79 Å². The first-order valence-corrected chi connectivity index (χ1v) is 9.18. The van der Waals surface area contributed by atoms with Crippen LogP contribution in [0.5, 0.6) is 0 Å². The third-order valence-electron chi connectivity index (χ3n) is 3.88. The van der Waals surface area contributed by atoms with E-state index in [0.29, 0.717) is 18.0 Å². The standard InChI is InChI=1S/C15H22N2O3S/c1-21(19,20)8-7-17-6-5-13(11-17)9-12-3-2-4-14(10-12)15(16)18/h2-4,10,13H,5-9,11H2,1H3,(H2,16,18). The third-order valence-corrected chi connectivity index (χ3v) is 4.81. The molecule has 1 aliphatic rings. The second kappa shape index (κ2) is 6.58. The molecule has 1 aromatic carbocycles. The van der Waals surface area contributed by atoms with Crippen LogP contribution in [0.25, 0.3) is 0 Å². The van der Waals surface area contributed by atoms with Crippen LogP contribution < -0.4 is 5.73 Å². The molecule has 0 aliphatic carbocycles. The number of nitrogens with two attached hydrogens (primary N) is 1. The zero-order chi connectivity index (χ0) is 15.5. The number of nitrogens with zero attached hydrogens (tertiary/aromatic N) is 1. The number of likely N-dealkylation sites (tertiary alicyclic amines) is 1. The molecule has 1 heterocycles. The monoisotopic (exact) mass is 310 g/mol. The number of carbonyl (C=O) groups is 1. The Balaban J connectivity index is 1.88. The van der Waals surface area contributed by atoms with Crippen molar-refractivity contribution in [3.63, 3.8) is 0 Å². The maximum Gasteiger partial charge on any atom is 0.248 e. The van der Waals surface area contributed by atoms with Gasteiger partial charge in [-0.15, -0.1) is 0 Å². The number of hydrogen-bond donors (Lipinski definition) is 1. The lowest BCUT2D eigenvalue weighted by atomic mass is 9.97. The normalized spacial score (nSPS) is 19.8. The van der Waals surface area contributed by atoms with Crippen molar-refractivity contribution in [1.82, 2.24) is 4.90 Å². The van der Waals surface area contributed by atoms with Gasteiger partial charge in [0.1, 0.15) is 9.84 Å². The summed E-state index contributed by atoms with van der Waals surface area (Å²) in [5.41, 5.74) is 6.94. The first-order valence-electron chi connectivity index (χ1n) is 7.12. The summed E-state index contributed by atoms with van der Waals surface area (Å²) < 4.78 is 22.4. The van der Waals surface area contributed by atoms with E-state index in [-0.39, 0.29) is 5.75 Å². The molecule has 21 heavy (non-hydrogen) atoms. The molecule has 5 nitrogen and oxygen atoms in total. The first-order chi connectivity index (χ1) is 9.83. The molecule has 0 aromatic heterocycles. The largest absolute Gasteiger partial charge is 0.366 e. The lowest BCUT2D eigenvalue weighted by Gasteiger charge is -2.15. The Bertz CT molecular complexity index is 613. The SMILES string of the molecule is CS(=O)(=O)CCN1CCC(Cc2cccc(C(N)=O)c2)C1. The van der Waals surface area contributed by atoms with Gasteiger partial charge in [-0.05, 0) is 43.0 Å². The van der Waals surface area contributed by atoms with Crippen molar-refractivity contribution < 1.29 is 13.2 Å². The summed E-state index contributed by atoms with van der Waals surface area (Å²) in [7, 11) is -2.90. The Morgan fingerprint density at radius 2 is 2.19 bits per heavy atom. The van der Waals surface area contributed by atoms with Gasteiger partial charge in [0.15, 0.2) is 0 Å². The zero-order valence-corrected chi connectivity index (χ0v) is 13.1. The summed E-state index contributed by atoms with van der Waals surface area (Å²) in [6.45, 7) is 2.46. The van der Waals surface area contributed by atoms with E-state index in [0.717, 1.165) is 31.5 Å². The Morgan fingerprint density at radius 1 is 1.43 bits per heavy atom. The second-order valence-electron chi connectivity index (χ2n) is 5.85. The van der Waals surface area contributed by atoms with Crippen LogP contribution in [0.1, 0.15) is 22.3 Å². The number of hydrogen-bond acceptors (Lipinski definition) is 4. The third kappa shape index (κ3) is 5.13. The van der Waals surface area contributed by atoms with Crippen LogP contribution in [0, 0.1) is 5.92 Å². The van der Waals surface area contributed by atoms with Crippen LogP contribution in [0.4, 0.5) is 0 Å². The van der Waals surface area contributed by atoms with Crippen molar-refractivity contribution in [1.29, 1.82) is 0 Å². The number of carbonyl (C=O) groups excluding carboxylic acids is 1. The maximum atomic E-state index is 11.2. The van der Waals surface area contributed by atoms with Crippen molar-refractivity contribution >= 4 is 15.7 Å². The van der Waals surface area contributed by atoms with Crippen molar-refractivity contribution in [2.24, 2.45) is 11.7 Å². The fourth-order valence-electron chi connectivity index (χ4n) is 2.76. The Hall–Kier alpha value is -1.40. The van der Waals surface area contributed by atoms with E-state index in [9.17, 15) is 13.2 Å². The lowest BCUT2D eigenvalue weighted by Crippen LogP contribution is -2.27. The first kappa shape index (κ1) is 16.0. The highest BCUT2D eigenvalue weighted by Crippen LogP contribution is 2.21. The van der Waals surface area contributed by atoms with Crippen molar-refractivity contribution in [3.05, 3.63) is 35.4 Å². The highest BCUT2D eigenvalue weighted by molar-refractivity contribution is 7.90. The van der Waals surface area contributed by atoms with Gasteiger partial charge < -0.3 is 10.6 Å². The molecule has 1 fully saturated rings. The average Bonchev–Trinajstić information content (AvgIpc) is 2.83. The van der Waals surface area contributed by atoms with Crippen LogP contribution in [-0.4, -0.2) is 50.9 Å². The molecule has 6 heteroatoms.